The summed E-state index contributed by atoms with van der Waals surface area (Å²) in [6, 6.07) is 12.0. The molecule has 3 rings (SSSR count). The number of benzene rings is 1. The van der Waals surface area contributed by atoms with Gasteiger partial charge >= 0.3 is 0 Å². The first-order chi connectivity index (χ1) is 9.29. The maximum Gasteiger partial charge on any atom is 0.136 e. The lowest BCUT2D eigenvalue weighted by Gasteiger charge is -2.08. The molecule has 0 N–H and O–H groups in total. The molecule has 0 atom stereocenters. The number of rotatable bonds is 2. The van der Waals surface area contributed by atoms with Crippen LogP contribution in [-0.4, -0.2) is 15.0 Å². The number of fused-ring (bicyclic) bond motifs is 1. The van der Waals surface area contributed by atoms with E-state index in [-0.39, 0.29) is 0 Å². The molecule has 2 heterocycles. The van der Waals surface area contributed by atoms with E-state index < -0.39 is 0 Å². The minimum atomic E-state index is 0.502. The summed E-state index contributed by atoms with van der Waals surface area (Å²) in [6.07, 6.45) is 2.26. The molecule has 0 aliphatic rings. The Balaban J connectivity index is 2.22. The van der Waals surface area contributed by atoms with Gasteiger partial charge in [0.2, 0.25) is 0 Å². The molecule has 0 aliphatic carbocycles. The summed E-state index contributed by atoms with van der Waals surface area (Å²) in [7, 11) is 0. The number of para-hydroxylation sites is 1. The summed E-state index contributed by atoms with van der Waals surface area (Å²) in [5, 5.41) is 1.62. The molecule has 3 nitrogen and oxygen atoms in total. The van der Waals surface area contributed by atoms with Crippen LogP contribution in [0.1, 0.15) is 12.5 Å². The van der Waals surface area contributed by atoms with Crippen LogP contribution in [0.25, 0.3) is 22.3 Å². The van der Waals surface area contributed by atoms with E-state index in [1.165, 1.54) is 6.33 Å². The summed E-state index contributed by atoms with van der Waals surface area (Å²) in [6.45, 7) is 2.04. The molecule has 0 saturated carbocycles. The van der Waals surface area contributed by atoms with E-state index in [1.54, 1.807) is 0 Å². The van der Waals surface area contributed by atoms with Crippen LogP contribution in [0.3, 0.4) is 0 Å². The van der Waals surface area contributed by atoms with Crippen molar-refractivity contribution >= 4 is 22.5 Å². The van der Waals surface area contributed by atoms with Crippen molar-refractivity contribution < 1.29 is 0 Å². The summed E-state index contributed by atoms with van der Waals surface area (Å²) < 4.78 is 0. The molecule has 0 aliphatic heterocycles. The molecule has 0 amide bonds. The molecule has 0 radical (unpaired) electrons. The highest BCUT2D eigenvalue weighted by Crippen LogP contribution is 2.26. The van der Waals surface area contributed by atoms with Crippen LogP contribution < -0.4 is 0 Å². The third-order valence-corrected chi connectivity index (χ3v) is 3.41. The van der Waals surface area contributed by atoms with Crippen LogP contribution in [-0.2, 0) is 6.42 Å². The van der Waals surface area contributed by atoms with Gasteiger partial charge in [-0.2, -0.15) is 0 Å². The number of pyridine rings is 1. The molecular weight excluding hydrogens is 258 g/mol. The Morgan fingerprint density at radius 2 is 1.89 bits per heavy atom. The van der Waals surface area contributed by atoms with Gasteiger partial charge in [-0.05, 0) is 18.6 Å². The largest absolute Gasteiger partial charge is 0.246 e. The van der Waals surface area contributed by atoms with Crippen molar-refractivity contribution in [1.82, 2.24) is 15.0 Å². The molecule has 2 aromatic heterocycles. The Labute approximate surface area is 116 Å². The lowest BCUT2D eigenvalue weighted by Crippen LogP contribution is -1.97. The van der Waals surface area contributed by atoms with Crippen LogP contribution in [0.15, 0.2) is 42.7 Å². The Morgan fingerprint density at radius 1 is 1.05 bits per heavy atom. The Bertz CT molecular complexity index is 740. The molecule has 4 heteroatoms. The van der Waals surface area contributed by atoms with Gasteiger partial charge in [0, 0.05) is 10.9 Å². The first-order valence-corrected chi connectivity index (χ1v) is 6.53. The number of halogens is 1. The monoisotopic (exact) mass is 269 g/mol. The van der Waals surface area contributed by atoms with Gasteiger partial charge in [-0.15, -0.1) is 0 Å². The van der Waals surface area contributed by atoms with Crippen LogP contribution >= 0.6 is 11.6 Å². The van der Waals surface area contributed by atoms with Crippen molar-refractivity contribution in [1.29, 1.82) is 0 Å². The van der Waals surface area contributed by atoms with E-state index in [4.69, 9.17) is 11.6 Å². The van der Waals surface area contributed by atoms with E-state index in [2.05, 4.69) is 15.0 Å². The van der Waals surface area contributed by atoms with Gasteiger partial charge < -0.3 is 0 Å². The van der Waals surface area contributed by atoms with Crippen molar-refractivity contribution in [2.45, 2.75) is 13.3 Å². The second-order valence-electron chi connectivity index (χ2n) is 4.23. The van der Waals surface area contributed by atoms with Crippen LogP contribution in [0, 0.1) is 0 Å². The maximum atomic E-state index is 6.12. The lowest BCUT2D eigenvalue weighted by molar-refractivity contribution is 1.04. The first-order valence-electron chi connectivity index (χ1n) is 6.15. The zero-order valence-electron chi connectivity index (χ0n) is 10.5. The van der Waals surface area contributed by atoms with Crippen LogP contribution in [0.2, 0.25) is 5.15 Å². The average molecular weight is 270 g/mol. The van der Waals surface area contributed by atoms with E-state index in [0.29, 0.717) is 5.15 Å². The summed E-state index contributed by atoms with van der Waals surface area (Å²) >= 11 is 6.12. The van der Waals surface area contributed by atoms with Crippen LogP contribution in [0.4, 0.5) is 0 Å². The zero-order valence-corrected chi connectivity index (χ0v) is 11.2. The minimum Gasteiger partial charge on any atom is -0.246 e. The number of hydrogen-bond donors (Lipinski definition) is 0. The SMILES string of the molecule is CCc1c(Cl)ncnc1-c1ccc2ccccc2n1. The van der Waals surface area contributed by atoms with Gasteiger partial charge in [0.25, 0.3) is 0 Å². The zero-order chi connectivity index (χ0) is 13.2. The number of hydrogen-bond acceptors (Lipinski definition) is 3. The van der Waals surface area contributed by atoms with Crippen molar-refractivity contribution in [2.24, 2.45) is 0 Å². The molecule has 1 aromatic carbocycles. The molecule has 0 spiro atoms. The summed E-state index contributed by atoms with van der Waals surface area (Å²) in [5.41, 5.74) is 3.54. The molecular formula is C15H12ClN3. The number of aromatic nitrogens is 3. The van der Waals surface area contributed by atoms with Gasteiger partial charge in [0.05, 0.1) is 16.9 Å². The van der Waals surface area contributed by atoms with Gasteiger partial charge in [-0.1, -0.05) is 42.8 Å². The normalized spacial score (nSPS) is 10.8. The predicted molar refractivity (Wildman–Crippen MR) is 77.2 cm³/mol. The van der Waals surface area contributed by atoms with E-state index in [1.807, 2.05) is 43.3 Å². The second kappa shape index (κ2) is 4.94. The third kappa shape index (κ3) is 2.17. The first kappa shape index (κ1) is 12.1. The molecule has 0 bridgehead atoms. The Morgan fingerprint density at radius 3 is 2.74 bits per heavy atom. The lowest BCUT2D eigenvalue weighted by atomic mass is 10.1. The summed E-state index contributed by atoms with van der Waals surface area (Å²) in [5.74, 6) is 0. The van der Waals surface area contributed by atoms with Gasteiger partial charge in [0.15, 0.2) is 0 Å². The molecule has 0 saturated heterocycles. The highest BCUT2D eigenvalue weighted by atomic mass is 35.5. The van der Waals surface area contributed by atoms with Crippen molar-refractivity contribution in [3.8, 4) is 11.4 Å². The fourth-order valence-electron chi connectivity index (χ4n) is 2.12. The number of nitrogens with zero attached hydrogens (tertiary/aromatic N) is 3. The van der Waals surface area contributed by atoms with Gasteiger partial charge in [-0.3, -0.25) is 0 Å². The molecule has 19 heavy (non-hydrogen) atoms. The van der Waals surface area contributed by atoms with Gasteiger partial charge in [-0.25, -0.2) is 15.0 Å². The average Bonchev–Trinajstić information content (AvgIpc) is 2.46. The van der Waals surface area contributed by atoms with E-state index in [0.717, 1.165) is 34.3 Å². The topological polar surface area (TPSA) is 38.7 Å². The predicted octanol–water partition coefficient (Wildman–Crippen LogP) is 3.91. The molecule has 0 unspecified atom stereocenters. The van der Waals surface area contributed by atoms with Crippen molar-refractivity contribution in [3.63, 3.8) is 0 Å². The van der Waals surface area contributed by atoms with Crippen molar-refractivity contribution in [2.75, 3.05) is 0 Å². The maximum absolute atomic E-state index is 6.12. The molecule has 3 aromatic rings. The fraction of sp³-hybridized carbons (Fsp3) is 0.133. The highest BCUT2D eigenvalue weighted by molar-refractivity contribution is 6.30. The van der Waals surface area contributed by atoms with E-state index >= 15 is 0 Å². The minimum absolute atomic E-state index is 0.502. The molecule has 94 valence electrons. The van der Waals surface area contributed by atoms with Crippen LogP contribution in [0.5, 0.6) is 0 Å². The summed E-state index contributed by atoms with van der Waals surface area (Å²) in [4.78, 5) is 13.0. The Hall–Kier alpha value is -2.00. The highest BCUT2D eigenvalue weighted by Gasteiger charge is 2.11. The fourth-order valence-corrected chi connectivity index (χ4v) is 2.39. The van der Waals surface area contributed by atoms with Gasteiger partial charge in [0.1, 0.15) is 11.5 Å². The van der Waals surface area contributed by atoms with E-state index in [9.17, 15) is 0 Å². The molecule has 0 fully saturated rings. The standard InChI is InChI=1S/C15H12ClN3/c1-2-11-14(17-9-18-15(11)16)13-8-7-10-5-3-4-6-12(10)19-13/h3-9H,2H2,1H3. The Kier molecular flexibility index (Phi) is 3.13. The second-order valence-corrected chi connectivity index (χ2v) is 4.59. The van der Waals surface area contributed by atoms with Crippen molar-refractivity contribution in [3.05, 3.63) is 53.4 Å². The quantitative estimate of drug-likeness (QED) is 0.662. The smallest absolute Gasteiger partial charge is 0.136 e. The third-order valence-electron chi connectivity index (χ3n) is 3.09.